The molecule has 0 rings (SSSR count). The van der Waals surface area contributed by atoms with Gasteiger partial charge >= 0.3 is 19.8 Å². The van der Waals surface area contributed by atoms with Crippen molar-refractivity contribution in [1.29, 1.82) is 0 Å². The molecule has 0 spiro atoms. The lowest BCUT2D eigenvalue weighted by Crippen LogP contribution is -2.29. The van der Waals surface area contributed by atoms with E-state index in [1.165, 1.54) is 173 Å². The highest BCUT2D eigenvalue weighted by molar-refractivity contribution is 7.46. The first-order valence-electron chi connectivity index (χ1n) is 23.0. The zero-order valence-corrected chi connectivity index (χ0v) is 36.3. The summed E-state index contributed by atoms with van der Waals surface area (Å²) in [6.07, 6.45) is 46.5. The van der Waals surface area contributed by atoms with Crippen LogP contribution in [0.2, 0.25) is 0 Å². The number of allylic oxidation sites excluding steroid dienone is 2. The van der Waals surface area contributed by atoms with Crippen molar-refractivity contribution in [2.24, 2.45) is 0 Å². The van der Waals surface area contributed by atoms with Crippen LogP contribution in [0.4, 0.5) is 0 Å². The molecule has 0 amide bonds. The van der Waals surface area contributed by atoms with Crippen molar-refractivity contribution in [2.75, 3.05) is 13.2 Å². The van der Waals surface area contributed by atoms with Crippen LogP contribution in [-0.4, -0.2) is 41.0 Å². The fourth-order valence-electron chi connectivity index (χ4n) is 6.84. The molecule has 0 fully saturated rings. The Kier molecular flexibility index (Phi) is 40.5. The molecule has 0 unspecified atom stereocenters. The van der Waals surface area contributed by atoms with E-state index in [1.807, 2.05) is 0 Å². The van der Waals surface area contributed by atoms with E-state index in [2.05, 4.69) is 30.5 Å². The molecule has 0 aromatic rings. The monoisotopic (exact) mass is 787 g/mol. The van der Waals surface area contributed by atoms with E-state index in [4.69, 9.17) is 19.3 Å². The average Bonchev–Trinajstić information content (AvgIpc) is 3.14. The van der Waals surface area contributed by atoms with Crippen molar-refractivity contribution in [3.05, 3.63) is 12.2 Å². The highest BCUT2D eigenvalue weighted by Gasteiger charge is 2.23. The molecule has 0 radical (unpaired) electrons. The second-order valence-corrected chi connectivity index (χ2v) is 17.0. The van der Waals surface area contributed by atoms with E-state index in [9.17, 15) is 14.2 Å². The van der Waals surface area contributed by atoms with Gasteiger partial charge in [0.2, 0.25) is 0 Å². The molecule has 9 heteroatoms. The molecule has 1 atom stereocenters. The number of rotatable bonds is 43. The molecule has 0 aliphatic rings. The molecule has 0 aliphatic carbocycles. The number of unbranched alkanes of at least 4 members (excludes halogenated alkanes) is 31. The van der Waals surface area contributed by atoms with Crippen molar-refractivity contribution in [1.82, 2.24) is 0 Å². The lowest BCUT2D eigenvalue weighted by atomic mass is 10.0. The third-order valence-corrected chi connectivity index (χ3v) is 10.8. The fourth-order valence-corrected chi connectivity index (χ4v) is 7.20. The van der Waals surface area contributed by atoms with E-state index < -0.39 is 32.5 Å². The normalized spacial score (nSPS) is 12.4. The van der Waals surface area contributed by atoms with Crippen LogP contribution in [-0.2, 0) is 28.2 Å². The van der Waals surface area contributed by atoms with Crippen molar-refractivity contribution in [3.63, 3.8) is 0 Å². The van der Waals surface area contributed by atoms with Gasteiger partial charge in [-0.15, -0.1) is 0 Å². The Balaban J connectivity index is 3.84. The molecule has 2 N–H and O–H groups in total. The largest absolute Gasteiger partial charge is 0.469 e. The number of hydrogen-bond donors (Lipinski definition) is 2. The summed E-state index contributed by atoms with van der Waals surface area (Å²) >= 11 is 0. The van der Waals surface area contributed by atoms with E-state index in [-0.39, 0.29) is 19.4 Å². The number of carbonyl (C=O) groups excluding carboxylic acids is 2. The van der Waals surface area contributed by atoms with Crippen molar-refractivity contribution in [3.8, 4) is 0 Å². The fraction of sp³-hybridized carbons (Fsp3) is 0.911. The Morgan fingerprint density at radius 3 is 1.13 bits per heavy atom. The number of phosphoric ester groups is 1. The van der Waals surface area contributed by atoms with E-state index in [0.29, 0.717) is 6.42 Å². The summed E-state index contributed by atoms with van der Waals surface area (Å²) in [6, 6.07) is 0. The van der Waals surface area contributed by atoms with Gasteiger partial charge in [0.25, 0.3) is 0 Å². The Hall–Kier alpha value is -1.21. The van der Waals surface area contributed by atoms with Gasteiger partial charge in [-0.1, -0.05) is 206 Å². The molecule has 0 saturated carbocycles. The van der Waals surface area contributed by atoms with Gasteiger partial charge < -0.3 is 19.3 Å². The molecular weight excluding hydrogens is 699 g/mol. The molecular formula is C45H87O8P. The lowest BCUT2D eigenvalue weighted by molar-refractivity contribution is -0.161. The summed E-state index contributed by atoms with van der Waals surface area (Å²) < 4.78 is 26.5. The number of phosphoric acid groups is 1. The van der Waals surface area contributed by atoms with Gasteiger partial charge in [-0.05, 0) is 38.5 Å². The van der Waals surface area contributed by atoms with Gasteiger partial charge in [0.1, 0.15) is 6.61 Å². The van der Waals surface area contributed by atoms with Crippen LogP contribution in [0.3, 0.4) is 0 Å². The van der Waals surface area contributed by atoms with Crippen molar-refractivity contribution >= 4 is 19.8 Å². The van der Waals surface area contributed by atoms with E-state index in [1.54, 1.807) is 0 Å². The van der Waals surface area contributed by atoms with E-state index in [0.717, 1.165) is 38.5 Å². The first-order valence-corrected chi connectivity index (χ1v) is 24.5. The summed E-state index contributed by atoms with van der Waals surface area (Å²) in [7, 11) is -4.75. The van der Waals surface area contributed by atoms with Crippen molar-refractivity contribution in [2.45, 2.75) is 251 Å². The Morgan fingerprint density at radius 2 is 0.778 bits per heavy atom. The van der Waals surface area contributed by atoms with Crippen LogP contribution < -0.4 is 0 Å². The quantitative estimate of drug-likeness (QED) is 0.0271. The molecule has 0 saturated heterocycles. The van der Waals surface area contributed by atoms with Crippen LogP contribution >= 0.6 is 7.82 Å². The second kappa shape index (κ2) is 41.4. The molecule has 54 heavy (non-hydrogen) atoms. The number of esters is 2. The summed E-state index contributed by atoms with van der Waals surface area (Å²) in [4.78, 5) is 42.9. The van der Waals surface area contributed by atoms with Gasteiger partial charge in [0.15, 0.2) is 6.10 Å². The van der Waals surface area contributed by atoms with E-state index >= 15 is 0 Å². The van der Waals surface area contributed by atoms with Crippen LogP contribution in [0.5, 0.6) is 0 Å². The van der Waals surface area contributed by atoms with Crippen molar-refractivity contribution < 1.29 is 37.9 Å². The third kappa shape index (κ3) is 43.5. The average molecular weight is 787 g/mol. The van der Waals surface area contributed by atoms with Gasteiger partial charge in [-0.2, -0.15) is 0 Å². The predicted molar refractivity (Wildman–Crippen MR) is 226 cm³/mol. The highest BCUT2D eigenvalue weighted by Crippen LogP contribution is 2.36. The summed E-state index contributed by atoms with van der Waals surface area (Å²) in [5.74, 6) is -0.872. The molecule has 8 nitrogen and oxygen atoms in total. The van der Waals surface area contributed by atoms with Crippen LogP contribution in [0.25, 0.3) is 0 Å². The first-order chi connectivity index (χ1) is 26.3. The standard InChI is InChI=1S/C45H87O8P/c1-3-5-7-9-11-13-15-17-19-21-22-24-26-28-30-32-34-36-38-40-45(47)53-43(42-52-54(48,49)50)41-51-44(46)39-37-35-33-31-29-27-25-23-20-18-16-14-12-10-8-6-4-2/h17,19,43H,3-16,18,20-42H2,1-2H3,(H2,48,49,50)/b19-17+/t43-/m1/s1. The maximum absolute atomic E-state index is 12.4. The zero-order valence-electron chi connectivity index (χ0n) is 35.4. The highest BCUT2D eigenvalue weighted by atomic mass is 31.2. The van der Waals surface area contributed by atoms with Gasteiger partial charge in [0, 0.05) is 12.8 Å². The van der Waals surface area contributed by atoms with Crippen LogP contribution in [0.15, 0.2) is 12.2 Å². The van der Waals surface area contributed by atoms with Crippen LogP contribution in [0, 0.1) is 0 Å². The minimum Gasteiger partial charge on any atom is -0.462 e. The molecule has 0 aliphatic heterocycles. The Morgan fingerprint density at radius 1 is 0.463 bits per heavy atom. The van der Waals surface area contributed by atoms with Crippen LogP contribution in [0.1, 0.15) is 245 Å². The Labute approximate surface area is 333 Å². The smallest absolute Gasteiger partial charge is 0.462 e. The topological polar surface area (TPSA) is 119 Å². The van der Waals surface area contributed by atoms with Gasteiger partial charge in [0.05, 0.1) is 6.61 Å². The zero-order chi connectivity index (χ0) is 39.6. The third-order valence-electron chi connectivity index (χ3n) is 10.3. The maximum atomic E-state index is 12.4. The minimum absolute atomic E-state index is 0.214. The van der Waals surface area contributed by atoms with Gasteiger partial charge in [-0.3, -0.25) is 14.1 Å². The minimum atomic E-state index is -4.75. The molecule has 0 heterocycles. The first kappa shape index (κ1) is 52.8. The SMILES string of the molecule is CCCCCCCC/C=C/CCCCCCCCCCCC(=O)O[C@H](COC(=O)CCCCCCCCCCCCCCCCCCC)COP(=O)(O)O. The maximum Gasteiger partial charge on any atom is 0.469 e. The number of hydrogen-bond acceptors (Lipinski definition) is 6. The lowest BCUT2D eigenvalue weighted by Gasteiger charge is -2.18. The summed E-state index contributed by atoms with van der Waals surface area (Å²) in [6.45, 7) is 3.72. The molecule has 0 bridgehead atoms. The molecule has 0 aromatic heterocycles. The van der Waals surface area contributed by atoms with Gasteiger partial charge in [-0.25, -0.2) is 4.57 Å². The predicted octanol–water partition coefficient (Wildman–Crippen LogP) is 14.2. The number of ether oxygens (including phenoxy) is 2. The summed E-state index contributed by atoms with van der Waals surface area (Å²) in [5, 5.41) is 0. The Bertz CT molecular complexity index is 889. The number of carbonyl (C=O) groups is 2. The summed E-state index contributed by atoms with van der Waals surface area (Å²) in [5.41, 5.74) is 0. The second-order valence-electron chi connectivity index (χ2n) is 15.7. The molecule has 0 aromatic carbocycles. The molecule has 320 valence electrons.